The van der Waals surface area contributed by atoms with Crippen LogP contribution in [-0.2, 0) is 0 Å². The zero-order valence-electron chi connectivity index (χ0n) is 10.1. The summed E-state index contributed by atoms with van der Waals surface area (Å²) < 4.78 is 5.22. The maximum Gasteiger partial charge on any atom is 0.363 e. The van der Waals surface area contributed by atoms with Gasteiger partial charge in [-0.05, 0) is 30.7 Å². The molecule has 7 heteroatoms. The lowest BCUT2D eigenvalue weighted by molar-refractivity contribution is 0.0727. The van der Waals surface area contributed by atoms with Gasteiger partial charge in [0.05, 0.1) is 15.1 Å². The molecule has 20 heavy (non-hydrogen) atoms. The van der Waals surface area contributed by atoms with E-state index < -0.39 is 5.97 Å². The summed E-state index contributed by atoms with van der Waals surface area (Å²) in [4.78, 5) is 15.9. The normalized spacial score (nSPS) is 10.4. The smallest absolute Gasteiger partial charge is 0.363 e. The zero-order chi connectivity index (χ0) is 14.9. The van der Waals surface area contributed by atoms with Crippen molar-refractivity contribution in [1.29, 1.82) is 0 Å². The van der Waals surface area contributed by atoms with Gasteiger partial charge < -0.3 is 4.74 Å². The van der Waals surface area contributed by atoms with Crippen molar-refractivity contribution >= 4 is 52.4 Å². The monoisotopic (exact) mass is 349 g/mol. The van der Waals surface area contributed by atoms with Crippen LogP contribution in [-0.4, -0.2) is 11.0 Å². The van der Waals surface area contributed by atoms with Gasteiger partial charge in [-0.15, -0.1) is 0 Å². The van der Waals surface area contributed by atoms with Gasteiger partial charge in [0.2, 0.25) is 0 Å². The highest BCUT2D eigenvalue weighted by Gasteiger charge is 2.19. The molecule has 104 valence electrons. The Morgan fingerprint density at radius 2 is 1.85 bits per heavy atom. The van der Waals surface area contributed by atoms with Gasteiger partial charge >= 0.3 is 5.97 Å². The van der Waals surface area contributed by atoms with Crippen molar-refractivity contribution in [1.82, 2.24) is 4.98 Å². The Morgan fingerprint density at radius 1 is 1.15 bits per heavy atom. The van der Waals surface area contributed by atoms with Gasteiger partial charge in [0.1, 0.15) is 5.75 Å². The average molecular weight is 351 g/mol. The van der Waals surface area contributed by atoms with Gasteiger partial charge in [0, 0.05) is 11.2 Å². The molecule has 1 aromatic carbocycles. The summed E-state index contributed by atoms with van der Waals surface area (Å²) in [6.07, 6.45) is 1.24. The van der Waals surface area contributed by atoms with E-state index in [9.17, 15) is 4.79 Å². The molecule has 0 radical (unpaired) electrons. The minimum Gasteiger partial charge on any atom is -0.421 e. The molecule has 0 aliphatic heterocycles. The number of nitrogens with zero attached hydrogens (tertiary/aromatic N) is 1. The molecule has 0 bridgehead atoms. The van der Waals surface area contributed by atoms with Gasteiger partial charge in [0.15, 0.2) is 5.69 Å². The van der Waals surface area contributed by atoms with Crippen LogP contribution in [0.4, 0.5) is 0 Å². The summed E-state index contributed by atoms with van der Waals surface area (Å²) >= 11 is 23.4. The summed E-state index contributed by atoms with van der Waals surface area (Å²) in [7, 11) is 0. The van der Waals surface area contributed by atoms with Gasteiger partial charge in [-0.25, -0.2) is 9.78 Å². The highest BCUT2D eigenvalue weighted by atomic mass is 35.5. The van der Waals surface area contributed by atoms with Crippen LogP contribution in [0.15, 0.2) is 24.4 Å². The van der Waals surface area contributed by atoms with Gasteiger partial charge in [-0.2, -0.15) is 0 Å². The lowest BCUT2D eigenvalue weighted by atomic mass is 10.2. The number of esters is 1. The molecule has 0 atom stereocenters. The number of rotatable bonds is 2. The number of hydrogen-bond donors (Lipinski definition) is 0. The lowest BCUT2D eigenvalue weighted by Crippen LogP contribution is -2.12. The van der Waals surface area contributed by atoms with Crippen LogP contribution in [0.3, 0.4) is 0 Å². The zero-order valence-corrected chi connectivity index (χ0v) is 13.1. The van der Waals surface area contributed by atoms with E-state index in [0.29, 0.717) is 16.3 Å². The van der Waals surface area contributed by atoms with Crippen LogP contribution in [0.2, 0.25) is 20.1 Å². The molecule has 2 rings (SSSR count). The molecule has 0 saturated heterocycles. The Labute approximate surface area is 135 Å². The Morgan fingerprint density at radius 3 is 2.50 bits per heavy atom. The van der Waals surface area contributed by atoms with Crippen molar-refractivity contribution < 1.29 is 9.53 Å². The number of ether oxygens (including phenoxy) is 1. The first-order valence-corrected chi connectivity index (χ1v) is 6.89. The van der Waals surface area contributed by atoms with E-state index in [0.717, 1.165) is 0 Å². The summed E-state index contributed by atoms with van der Waals surface area (Å²) in [5, 5.41) is 0.725. The third-order valence-corrected chi connectivity index (χ3v) is 3.93. The number of pyridine rings is 1. The van der Waals surface area contributed by atoms with Crippen LogP contribution in [0.1, 0.15) is 16.1 Å². The molecular formula is C13H7Cl4NO2. The predicted octanol–water partition coefficient (Wildman–Crippen LogP) is 5.22. The van der Waals surface area contributed by atoms with Crippen LogP contribution in [0.5, 0.6) is 5.75 Å². The predicted molar refractivity (Wildman–Crippen MR) is 80.4 cm³/mol. The highest BCUT2D eigenvalue weighted by molar-refractivity contribution is 6.48. The van der Waals surface area contributed by atoms with Gasteiger partial charge in [-0.3, -0.25) is 0 Å². The average Bonchev–Trinajstić information content (AvgIpc) is 2.39. The number of benzene rings is 1. The van der Waals surface area contributed by atoms with Crippen LogP contribution >= 0.6 is 46.4 Å². The van der Waals surface area contributed by atoms with E-state index in [1.807, 2.05) is 0 Å². The number of aryl methyl sites for hydroxylation is 1. The van der Waals surface area contributed by atoms with E-state index >= 15 is 0 Å². The van der Waals surface area contributed by atoms with E-state index in [1.165, 1.54) is 6.20 Å². The SMILES string of the molecule is Cc1cc(Cl)ccc1OC(=O)c1ncc(Cl)c(Cl)c1Cl. The Bertz CT molecular complexity index is 688. The molecule has 0 aliphatic carbocycles. The van der Waals surface area contributed by atoms with E-state index in [-0.39, 0.29) is 20.8 Å². The maximum atomic E-state index is 12.0. The van der Waals surface area contributed by atoms with Crippen LogP contribution in [0, 0.1) is 6.92 Å². The topological polar surface area (TPSA) is 39.2 Å². The molecule has 0 aliphatic rings. The number of hydrogen-bond acceptors (Lipinski definition) is 3. The van der Waals surface area contributed by atoms with Crippen molar-refractivity contribution in [2.75, 3.05) is 0 Å². The second-order valence-corrected chi connectivity index (χ2v) is 5.48. The van der Waals surface area contributed by atoms with Gasteiger partial charge in [0.25, 0.3) is 0 Å². The number of carbonyl (C=O) groups excluding carboxylic acids is 1. The first-order valence-electron chi connectivity index (χ1n) is 5.38. The fourth-order valence-electron chi connectivity index (χ4n) is 1.46. The summed E-state index contributed by atoms with van der Waals surface area (Å²) in [6, 6.07) is 4.87. The molecule has 3 nitrogen and oxygen atoms in total. The Hall–Kier alpha value is -1.000. The molecule has 1 aromatic heterocycles. The maximum absolute atomic E-state index is 12.0. The first-order chi connectivity index (χ1) is 9.40. The molecule has 2 aromatic rings. The molecule has 0 fully saturated rings. The minimum absolute atomic E-state index is 0.0456. The molecular weight excluding hydrogens is 344 g/mol. The van der Waals surface area contributed by atoms with E-state index in [2.05, 4.69) is 4.98 Å². The largest absolute Gasteiger partial charge is 0.421 e. The molecule has 0 unspecified atom stereocenters. The van der Waals surface area contributed by atoms with Gasteiger partial charge in [-0.1, -0.05) is 46.4 Å². The number of halogens is 4. The van der Waals surface area contributed by atoms with Crippen molar-refractivity contribution in [2.45, 2.75) is 6.92 Å². The third-order valence-electron chi connectivity index (χ3n) is 2.45. The van der Waals surface area contributed by atoms with E-state index in [4.69, 9.17) is 51.1 Å². The number of carbonyl (C=O) groups is 1. The quantitative estimate of drug-likeness (QED) is 0.550. The molecule has 0 amide bonds. The third kappa shape index (κ3) is 3.18. The molecule has 1 heterocycles. The van der Waals surface area contributed by atoms with Crippen molar-refractivity contribution in [2.24, 2.45) is 0 Å². The van der Waals surface area contributed by atoms with Crippen molar-refractivity contribution in [3.63, 3.8) is 0 Å². The second kappa shape index (κ2) is 6.19. The fraction of sp³-hybridized carbons (Fsp3) is 0.0769. The lowest BCUT2D eigenvalue weighted by Gasteiger charge is -2.09. The fourth-order valence-corrected chi connectivity index (χ4v) is 2.25. The van der Waals surface area contributed by atoms with Crippen molar-refractivity contribution in [3.05, 3.63) is 55.7 Å². The second-order valence-electron chi connectivity index (χ2n) is 3.88. The van der Waals surface area contributed by atoms with Crippen LogP contribution < -0.4 is 4.74 Å². The first kappa shape index (κ1) is 15.4. The summed E-state index contributed by atoms with van der Waals surface area (Å²) in [5.74, 6) is -0.359. The minimum atomic E-state index is -0.723. The Kier molecular flexibility index (Phi) is 4.76. The molecule has 0 N–H and O–H groups in total. The molecule has 0 spiro atoms. The molecule has 0 saturated carbocycles. The summed E-state index contributed by atoms with van der Waals surface area (Å²) in [6.45, 7) is 1.76. The van der Waals surface area contributed by atoms with Crippen LogP contribution in [0.25, 0.3) is 0 Å². The summed E-state index contributed by atoms with van der Waals surface area (Å²) in [5.41, 5.74) is 0.609. The van der Waals surface area contributed by atoms with E-state index in [1.54, 1.807) is 25.1 Å². The van der Waals surface area contributed by atoms with Crippen molar-refractivity contribution in [3.8, 4) is 5.75 Å². The standard InChI is InChI=1S/C13H7Cl4NO2/c1-6-4-7(14)2-3-9(6)20-13(19)12-11(17)10(16)8(15)5-18-12/h2-5H,1H3. The highest BCUT2D eigenvalue weighted by Crippen LogP contribution is 2.32. The number of aromatic nitrogens is 1. The Balaban J connectivity index is 2.31.